The molecule has 0 unspecified atom stereocenters. The van der Waals surface area contributed by atoms with E-state index in [0.29, 0.717) is 6.54 Å². The lowest BCUT2D eigenvalue weighted by atomic mass is 9.91. The standard InChI is InChI=1S/C23H35N3O10S/c1-7-8-9-24-23(37)26-16-10-17(22(31)32-6)36-21(19(16)25-12(2)27)20(35-15(5)30)18(34-14(4)29)11-33-13(3)28/h10,16,18-21H,7-9,11H2,1-6H3,(H,25,27)(H2,24,26,37)/t16-,18+,19+,20+,21+/m0/s1. The first-order valence-electron chi connectivity index (χ1n) is 11.7. The summed E-state index contributed by atoms with van der Waals surface area (Å²) in [5.74, 6) is -3.83. The van der Waals surface area contributed by atoms with E-state index in [-0.39, 0.29) is 10.9 Å². The summed E-state index contributed by atoms with van der Waals surface area (Å²) in [4.78, 5) is 60.0. The van der Waals surface area contributed by atoms with Gasteiger partial charge < -0.3 is 39.6 Å². The molecule has 0 aromatic rings. The van der Waals surface area contributed by atoms with Crippen molar-refractivity contribution in [1.82, 2.24) is 16.0 Å². The topological polar surface area (TPSA) is 168 Å². The van der Waals surface area contributed by atoms with E-state index in [1.54, 1.807) is 0 Å². The number of rotatable bonds is 12. The Bertz CT molecular complexity index is 894. The van der Waals surface area contributed by atoms with Crippen molar-refractivity contribution in [3.05, 3.63) is 11.8 Å². The van der Waals surface area contributed by atoms with Crippen molar-refractivity contribution < 1.29 is 47.7 Å². The number of carbonyl (C=O) groups excluding carboxylic acids is 5. The average molecular weight is 546 g/mol. The Morgan fingerprint density at radius 1 is 1.03 bits per heavy atom. The number of hydrogen-bond acceptors (Lipinski definition) is 11. The van der Waals surface area contributed by atoms with Gasteiger partial charge in [0.1, 0.15) is 6.61 Å². The number of esters is 4. The lowest BCUT2D eigenvalue weighted by Crippen LogP contribution is -2.65. The number of nitrogens with one attached hydrogen (secondary N) is 3. The molecule has 0 radical (unpaired) electrons. The molecule has 0 aromatic heterocycles. The normalized spacial score (nSPS) is 20.1. The Morgan fingerprint density at radius 2 is 1.68 bits per heavy atom. The van der Waals surface area contributed by atoms with Gasteiger partial charge in [-0.1, -0.05) is 13.3 Å². The third kappa shape index (κ3) is 11.0. The van der Waals surface area contributed by atoms with Crippen molar-refractivity contribution in [3.8, 4) is 0 Å². The largest absolute Gasteiger partial charge is 0.477 e. The van der Waals surface area contributed by atoms with Crippen LogP contribution in [0.4, 0.5) is 0 Å². The van der Waals surface area contributed by atoms with Crippen molar-refractivity contribution in [3.63, 3.8) is 0 Å². The molecule has 0 saturated heterocycles. The Kier molecular flexibility index (Phi) is 13.4. The molecule has 1 rings (SSSR count). The van der Waals surface area contributed by atoms with E-state index in [1.165, 1.54) is 13.0 Å². The molecule has 1 amide bonds. The third-order valence-corrected chi connectivity index (χ3v) is 5.23. The SMILES string of the molecule is CCCCNC(=S)N[C@H]1C=C(C(=O)OC)O[C@@H]([C@H](OC(C)=O)[C@@H](COC(C)=O)OC(C)=O)[C@@H]1NC(C)=O. The summed E-state index contributed by atoms with van der Waals surface area (Å²) in [7, 11) is 1.15. The number of methoxy groups -OCH3 is 1. The van der Waals surface area contributed by atoms with Gasteiger partial charge in [-0.15, -0.1) is 0 Å². The molecule has 0 saturated carbocycles. The van der Waals surface area contributed by atoms with Crippen LogP contribution in [0.3, 0.4) is 0 Å². The molecule has 3 N–H and O–H groups in total. The minimum Gasteiger partial charge on any atom is -0.477 e. The Labute approximate surface area is 220 Å². The smallest absolute Gasteiger partial charge is 0.373 e. The lowest BCUT2D eigenvalue weighted by Gasteiger charge is -2.42. The molecule has 0 fully saturated rings. The maximum Gasteiger partial charge on any atom is 0.373 e. The quantitative estimate of drug-likeness (QED) is 0.130. The molecule has 37 heavy (non-hydrogen) atoms. The van der Waals surface area contributed by atoms with Gasteiger partial charge in [0.25, 0.3) is 0 Å². The maximum absolute atomic E-state index is 12.4. The highest BCUT2D eigenvalue weighted by Crippen LogP contribution is 2.27. The number of ether oxygens (including phenoxy) is 5. The van der Waals surface area contributed by atoms with Gasteiger partial charge in [0, 0.05) is 34.2 Å². The highest BCUT2D eigenvalue weighted by molar-refractivity contribution is 7.80. The van der Waals surface area contributed by atoms with Gasteiger partial charge in [-0.25, -0.2) is 4.79 Å². The number of unbranched alkanes of at least 4 members (excludes halogenated alkanes) is 1. The molecular formula is C23H35N3O10S. The lowest BCUT2D eigenvalue weighted by molar-refractivity contribution is -0.188. The number of hydrogen-bond donors (Lipinski definition) is 3. The molecule has 1 aliphatic rings. The van der Waals surface area contributed by atoms with Gasteiger partial charge >= 0.3 is 23.9 Å². The minimum atomic E-state index is -1.43. The molecule has 0 bridgehead atoms. The first-order chi connectivity index (χ1) is 17.4. The molecule has 208 valence electrons. The van der Waals surface area contributed by atoms with E-state index in [4.69, 9.17) is 35.9 Å². The second-order valence-electron chi connectivity index (χ2n) is 8.14. The average Bonchev–Trinajstić information content (AvgIpc) is 2.80. The Morgan fingerprint density at radius 3 is 2.19 bits per heavy atom. The van der Waals surface area contributed by atoms with Crippen LogP contribution in [0.5, 0.6) is 0 Å². The van der Waals surface area contributed by atoms with Crippen molar-refractivity contribution in [2.45, 2.75) is 77.9 Å². The number of amides is 1. The third-order valence-electron chi connectivity index (χ3n) is 4.97. The first-order valence-corrected chi connectivity index (χ1v) is 12.1. The van der Waals surface area contributed by atoms with E-state index < -0.39 is 66.8 Å². The van der Waals surface area contributed by atoms with Crippen LogP contribution in [0, 0.1) is 0 Å². The summed E-state index contributed by atoms with van der Waals surface area (Å²) in [6.45, 7) is 6.74. The van der Waals surface area contributed by atoms with Crippen LogP contribution in [0.1, 0.15) is 47.5 Å². The highest BCUT2D eigenvalue weighted by Gasteiger charge is 2.48. The summed E-state index contributed by atoms with van der Waals surface area (Å²) in [5, 5.41) is 8.99. The van der Waals surface area contributed by atoms with E-state index in [1.807, 2.05) is 6.92 Å². The Balaban J connectivity index is 3.55. The van der Waals surface area contributed by atoms with Gasteiger partial charge in [0.05, 0.1) is 19.2 Å². The number of carbonyl (C=O) groups is 5. The van der Waals surface area contributed by atoms with Crippen molar-refractivity contribution in [2.75, 3.05) is 20.3 Å². The van der Waals surface area contributed by atoms with E-state index in [0.717, 1.165) is 40.7 Å². The van der Waals surface area contributed by atoms with Gasteiger partial charge in [0.2, 0.25) is 11.7 Å². The molecular weight excluding hydrogens is 510 g/mol. The van der Waals surface area contributed by atoms with Gasteiger partial charge in [-0.2, -0.15) is 0 Å². The fraction of sp³-hybridized carbons (Fsp3) is 0.652. The highest BCUT2D eigenvalue weighted by atomic mass is 32.1. The van der Waals surface area contributed by atoms with Gasteiger partial charge in [-0.05, 0) is 24.7 Å². The number of thiocarbonyl (C=S) groups is 1. The minimum absolute atomic E-state index is 0.232. The predicted octanol–water partition coefficient (Wildman–Crippen LogP) is 0.00610. The zero-order chi connectivity index (χ0) is 28.1. The first kappa shape index (κ1) is 31.6. The molecule has 5 atom stereocenters. The molecule has 0 spiro atoms. The van der Waals surface area contributed by atoms with Crippen LogP contribution in [-0.2, 0) is 47.7 Å². The van der Waals surface area contributed by atoms with Crippen LogP contribution < -0.4 is 16.0 Å². The fourth-order valence-corrected chi connectivity index (χ4v) is 3.73. The van der Waals surface area contributed by atoms with Crippen LogP contribution in [-0.4, -0.2) is 85.6 Å². The second-order valence-corrected chi connectivity index (χ2v) is 8.54. The second kappa shape index (κ2) is 15.6. The van der Waals surface area contributed by atoms with Crippen molar-refractivity contribution in [1.29, 1.82) is 0 Å². The summed E-state index contributed by atoms with van der Waals surface area (Å²) >= 11 is 5.37. The van der Waals surface area contributed by atoms with E-state index in [2.05, 4.69) is 16.0 Å². The summed E-state index contributed by atoms with van der Waals surface area (Å²) in [6.07, 6.45) is -0.946. The molecule has 14 heteroatoms. The summed E-state index contributed by atoms with van der Waals surface area (Å²) in [5.41, 5.74) is 0. The summed E-state index contributed by atoms with van der Waals surface area (Å²) < 4.78 is 26.4. The predicted molar refractivity (Wildman–Crippen MR) is 133 cm³/mol. The summed E-state index contributed by atoms with van der Waals surface area (Å²) in [6, 6.07) is -1.86. The van der Waals surface area contributed by atoms with Gasteiger partial charge in [0.15, 0.2) is 23.4 Å². The van der Waals surface area contributed by atoms with E-state index >= 15 is 0 Å². The molecule has 0 aliphatic carbocycles. The van der Waals surface area contributed by atoms with Crippen molar-refractivity contribution >= 4 is 47.1 Å². The van der Waals surface area contributed by atoms with Crippen LogP contribution >= 0.6 is 12.2 Å². The zero-order valence-electron chi connectivity index (χ0n) is 21.8. The van der Waals surface area contributed by atoms with Crippen LogP contribution in [0.15, 0.2) is 11.8 Å². The van der Waals surface area contributed by atoms with E-state index in [9.17, 15) is 24.0 Å². The van der Waals surface area contributed by atoms with Gasteiger partial charge in [-0.3, -0.25) is 19.2 Å². The monoisotopic (exact) mass is 545 g/mol. The molecule has 0 aromatic carbocycles. The fourth-order valence-electron chi connectivity index (χ4n) is 3.49. The Hall–Kier alpha value is -3.42. The van der Waals surface area contributed by atoms with Crippen LogP contribution in [0.2, 0.25) is 0 Å². The molecule has 1 heterocycles. The maximum atomic E-state index is 12.4. The van der Waals surface area contributed by atoms with Crippen molar-refractivity contribution in [2.24, 2.45) is 0 Å². The molecule has 13 nitrogen and oxygen atoms in total. The van der Waals surface area contributed by atoms with Crippen LogP contribution in [0.25, 0.3) is 0 Å². The zero-order valence-corrected chi connectivity index (χ0v) is 22.6. The molecule has 1 aliphatic heterocycles.